The summed E-state index contributed by atoms with van der Waals surface area (Å²) < 4.78 is 1.55. The van der Waals surface area contributed by atoms with Crippen molar-refractivity contribution in [2.24, 2.45) is 5.92 Å². The first kappa shape index (κ1) is 18.7. The largest absolute Gasteiger partial charge is 0.367 e. The minimum absolute atomic E-state index is 0.152. The summed E-state index contributed by atoms with van der Waals surface area (Å²) in [5.74, 6) is 1.22. The van der Waals surface area contributed by atoms with Gasteiger partial charge < -0.3 is 5.32 Å². The molecule has 0 spiro atoms. The van der Waals surface area contributed by atoms with Crippen LogP contribution in [0.5, 0.6) is 0 Å². The molecule has 148 valence electrons. The van der Waals surface area contributed by atoms with Gasteiger partial charge in [0, 0.05) is 31.2 Å². The number of anilines is 1. The van der Waals surface area contributed by atoms with Gasteiger partial charge in [-0.3, -0.25) is 4.90 Å². The molecule has 0 radical (unpaired) electrons. The smallest absolute Gasteiger partial charge is 0.347 e. The molecule has 1 fully saturated rings. The van der Waals surface area contributed by atoms with Crippen molar-refractivity contribution in [3.63, 3.8) is 0 Å². The second-order valence-electron chi connectivity index (χ2n) is 8.70. The molecule has 1 aliphatic rings. The van der Waals surface area contributed by atoms with E-state index in [9.17, 15) is 4.79 Å². The Balaban J connectivity index is 1.45. The van der Waals surface area contributed by atoms with E-state index >= 15 is 0 Å². The second kappa shape index (κ2) is 7.39. The monoisotopic (exact) mass is 380 g/mol. The SMILES string of the molecule is CC(C)(C)c1cn2c(=O)[nH]nc2c(NCC2CCN(Cc3ccccc3)C2)n1. The van der Waals surface area contributed by atoms with Crippen LogP contribution in [0, 0.1) is 5.92 Å². The Kier molecular flexibility index (Phi) is 4.93. The lowest BCUT2D eigenvalue weighted by Crippen LogP contribution is -2.24. The zero-order valence-corrected chi connectivity index (χ0v) is 16.8. The molecule has 2 N–H and O–H groups in total. The predicted molar refractivity (Wildman–Crippen MR) is 111 cm³/mol. The molecule has 4 rings (SSSR count). The zero-order chi connectivity index (χ0) is 19.7. The predicted octanol–water partition coefficient (Wildman–Crippen LogP) is 2.65. The summed E-state index contributed by atoms with van der Waals surface area (Å²) in [5, 5.41) is 10.1. The molecule has 3 aromatic rings. The number of benzene rings is 1. The summed E-state index contributed by atoms with van der Waals surface area (Å²) in [6.45, 7) is 10.3. The van der Waals surface area contributed by atoms with Crippen molar-refractivity contribution >= 4 is 11.5 Å². The summed E-state index contributed by atoms with van der Waals surface area (Å²) >= 11 is 0. The third-order valence-electron chi connectivity index (χ3n) is 5.35. The lowest BCUT2D eigenvalue weighted by molar-refractivity contribution is 0.319. The molecule has 1 aromatic carbocycles. The van der Waals surface area contributed by atoms with Crippen LogP contribution in [0.1, 0.15) is 38.4 Å². The topological polar surface area (TPSA) is 78.3 Å². The van der Waals surface area contributed by atoms with Crippen LogP contribution in [0.3, 0.4) is 0 Å². The maximum atomic E-state index is 12.1. The van der Waals surface area contributed by atoms with E-state index in [4.69, 9.17) is 4.98 Å². The molecule has 28 heavy (non-hydrogen) atoms. The van der Waals surface area contributed by atoms with E-state index < -0.39 is 0 Å². The minimum Gasteiger partial charge on any atom is -0.367 e. The maximum absolute atomic E-state index is 12.1. The van der Waals surface area contributed by atoms with E-state index in [0.717, 1.165) is 38.3 Å². The van der Waals surface area contributed by atoms with Crippen molar-refractivity contribution in [3.05, 3.63) is 58.3 Å². The fraction of sp³-hybridized carbons (Fsp3) is 0.476. The van der Waals surface area contributed by atoms with Crippen LogP contribution in [0.25, 0.3) is 5.65 Å². The van der Waals surface area contributed by atoms with Crippen LogP contribution in [0.15, 0.2) is 41.3 Å². The number of likely N-dealkylation sites (tertiary alicyclic amines) is 1. The first-order valence-corrected chi connectivity index (χ1v) is 9.88. The lowest BCUT2D eigenvalue weighted by atomic mass is 9.93. The van der Waals surface area contributed by atoms with E-state index in [0.29, 0.717) is 17.4 Å². The number of aromatic nitrogens is 4. The van der Waals surface area contributed by atoms with Gasteiger partial charge in [0.05, 0.1) is 5.69 Å². The lowest BCUT2D eigenvalue weighted by Gasteiger charge is -2.20. The highest BCUT2D eigenvalue weighted by Crippen LogP contribution is 2.24. The standard InChI is InChI=1S/C21H28N6O/c1-21(2,3)17-14-27-19(24-25-20(27)28)18(23-17)22-11-16-9-10-26(13-16)12-15-7-5-4-6-8-15/h4-8,14,16H,9-13H2,1-3H3,(H,22,23)(H,25,28). The molecule has 3 heterocycles. The van der Waals surface area contributed by atoms with E-state index in [1.807, 2.05) is 0 Å². The minimum atomic E-state index is -0.235. The van der Waals surface area contributed by atoms with Crippen molar-refractivity contribution in [1.29, 1.82) is 0 Å². The van der Waals surface area contributed by atoms with E-state index in [1.165, 1.54) is 5.56 Å². The number of fused-ring (bicyclic) bond motifs is 1. The fourth-order valence-electron chi connectivity index (χ4n) is 3.70. The Morgan fingerprint density at radius 2 is 2.04 bits per heavy atom. The molecule has 1 aliphatic heterocycles. The van der Waals surface area contributed by atoms with Crippen molar-refractivity contribution in [2.45, 2.75) is 39.2 Å². The fourth-order valence-corrected chi connectivity index (χ4v) is 3.70. The highest BCUT2D eigenvalue weighted by atomic mass is 16.1. The third kappa shape index (κ3) is 3.94. The van der Waals surface area contributed by atoms with Gasteiger partial charge in [-0.25, -0.2) is 19.3 Å². The van der Waals surface area contributed by atoms with Gasteiger partial charge in [-0.2, -0.15) is 0 Å². The number of hydrogen-bond donors (Lipinski definition) is 2. The number of H-pyrrole nitrogens is 1. The highest BCUT2D eigenvalue weighted by molar-refractivity contribution is 5.62. The summed E-state index contributed by atoms with van der Waals surface area (Å²) in [6.07, 6.45) is 2.94. The Morgan fingerprint density at radius 3 is 2.79 bits per heavy atom. The van der Waals surface area contributed by atoms with Crippen LogP contribution in [-0.4, -0.2) is 44.1 Å². The molecule has 0 saturated carbocycles. The summed E-state index contributed by atoms with van der Waals surface area (Å²) in [5.41, 5.74) is 2.38. The van der Waals surface area contributed by atoms with Gasteiger partial charge in [0.15, 0.2) is 5.82 Å². The van der Waals surface area contributed by atoms with Crippen LogP contribution in [-0.2, 0) is 12.0 Å². The Morgan fingerprint density at radius 1 is 1.25 bits per heavy atom. The van der Waals surface area contributed by atoms with Crippen molar-refractivity contribution < 1.29 is 0 Å². The van der Waals surface area contributed by atoms with Gasteiger partial charge in [0.1, 0.15) is 0 Å². The van der Waals surface area contributed by atoms with E-state index in [-0.39, 0.29) is 11.1 Å². The molecule has 1 saturated heterocycles. The number of nitrogens with one attached hydrogen (secondary N) is 2. The Labute approximate surface area is 164 Å². The van der Waals surface area contributed by atoms with Crippen LogP contribution in [0.2, 0.25) is 0 Å². The van der Waals surface area contributed by atoms with Gasteiger partial charge in [-0.1, -0.05) is 51.1 Å². The zero-order valence-electron chi connectivity index (χ0n) is 16.8. The third-order valence-corrected chi connectivity index (χ3v) is 5.35. The average Bonchev–Trinajstić information content (AvgIpc) is 3.27. The molecule has 1 unspecified atom stereocenters. The summed E-state index contributed by atoms with van der Waals surface area (Å²) in [7, 11) is 0. The van der Waals surface area contributed by atoms with Crippen LogP contribution >= 0.6 is 0 Å². The number of nitrogens with zero attached hydrogens (tertiary/aromatic N) is 4. The number of rotatable bonds is 5. The molecule has 0 amide bonds. The van der Waals surface area contributed by atoms with Gasteiger partial charge in [-0.15, -0.1) is 5.10 Å². The van der Waals surface area contributed by atoms with Gasteiger partial charge in [0.25, 0.3) is 0 Å². The number of aromatic amines is 1. The van der Waals surface area contributed by atoms with E-state index in [1.54, 1.807) is 10.6 Å². The molecule has 0 bridgehead atoms. The van der Waals surface area contributed by atoms with Crippen LogP contribution < -0.4 is 11.0 Å². The molecule has 7 heteroatoms. The summed E-state index contributed by atoms with van der Waals surface area (Å²) in [6, 6.07) is 10.6. The van der Waals surface area contributed by atoms with Crippen molar-refractivity contribution in [2.75, 3.05) is 25.0 Å². The summed E-state index contributed by atoms with van der Waals surface area (Å²) in [4.78, 5) is 19.3. The second-order valence-corrected chi connectivity index (χ2v) is 8.70. The molecular formula is C21H28N6O. The normalized spacial score (nSPS) is 18.0. The van der Waals surface area contributed by atoms with Gasteiger partial charge >= 0.3 is 5.69 Å². The maximum Gasteiger partial charge on any atom is 0.347 e. The Bertz CT molecular complexity index is 1000. The van der Waals surface area contributed by atoms with E-state index in [2.05, 4.69) is 71.5 Å². The Hall–Kier alpha value is -2.67. The first-order valence-electron chi connectivity index (χ1n) is 9.88. The first-order chi connectivity index (χ1) is 13.4. The molecule has 7 nitrogen and oxygen atoms in total. The van der Waals surface area contributed by atoms with Crippen molar-refractivity contribution in [1.82, 2.24) is 24.5 Å². The molecule has 1 atom stereocenters. The highest BCUT2D eigenvalue weighted by Gasteiger charge is 2.24. The molecule has 0 aliphatic carbocycles. The average molecular weight is 380 g/mol. The van der Waals surface area contributed by atoms with Crippen LogP contribution in [0.4, 0.5) is 5.82 Å². The van der Waals surface area contributed by atoms with Gasteiger partial charge in [0.2, 0.25) is 5.65 Å². The molecular weight excluding hydrogens is 352 g/mol. The molecule has 2 aromatic heterocycles. The quantitative estimate of drug-likeness (QED) is 0.711. The van der Waals surface area contributed by atoms with Gasteiger partial charge in [-0.05, 0) is 24.4 Å². The number of hydrogen-bond acceptors (Lipinski definition) is 5. The van der Waals surface area contributed by atoms with Crippen molar-refractivity contribution in [3.8, 4) is 0 Å².